The van der Waals surface area contributed by atoms with Gasteiger partial charge in [0.05, 0.1) is 6.21 Å². The first-order valence-corrected chi connectivity index (χ1v) is 8.78. The molecule has 1 heterocycles. The fraction of sp³-hybridized carbons (Fsp3) is 0.143. The van der Waals surface area contributed by atoms with Crippen molar-refractivity contribution >= 4 is 22.9 Å². The van der Waals surface area contributed by atoms with E-state index in [0.29, 0.717) is 6.42 Å². The molecule has 6 heteroatoms. The van der Waals surface area contributed by atoms with E-state index in [1.807, 2.05) is 42.5 Å². The number of halogens is 1. The van der Waals surface area contributed by atoms with E-state index in [2.05, 4.69) is 21.4 Å². The molecule has 1 aliphatic rings. The number of amides is 1. The van der Waals surface area contributed by atoms with Crippen molar-refractivity contribution in [1.29, 1.82) is 0 Å². The molecule has 0 spiro atoms. The summed E-state index contributed by atoms with van der Waals surface area (Å²) in [5.41, 5.74) is 10.5. The Morgan fingerprint density at radius 1 is 1.04 bits per heavy atom. The quantitative estimate of drug-likeness (QED) is 0.494. The molecule has 1 saturated heterocycles. The smallest absolute Gasteiger partial charge is 0.258 e. The number of benzene rings is 3. The van der Waals surface area contributed by atoms with Crippen LogP contribution in [0.3, 0.4) is 0 Å². The summed E-state index contributed by atoms with van der Waals surface area (Å²) in [6.45, 7) is 0. The average molecular weight is 362 g/mol. The van der Waals surface area contributed by atoms with Gasteiger partial charge in [-0.05, 0) is 34.9 Å². The van der Waals surface area contributed by atoms with Crippen LogP contribution in [0.2, 0.25) is 0 Å². The van der Waals surface area contributed by atoms with E-state index in [9.17, 15) is 9.18 Å². The molecule has 1 amide bonds. The molecule has 3 aromatic carbocycles. The number of hydrazine groups is 1. The summed E-state index contributed by atoms with van der Waals surface area (Å²) in [7, 11) is 0. The average Bonchev–Trinajstić information content (AvgIpc) is 3.19. The molecule has 0 radical (unpaired) electrons. The molecule has 136 valence electrons. The molecule has 0 aliphatic carbocycles. The van der Waals surface area contributed by atoms with E-state index in [4.69, 9.17) is 0 Å². The van der Waals surface area contributed by atoms with Crippen LogP contribution < -0.4 is 16.3 Å². The van der Waals surface area contributed by atoms with Gasteiger partial charge < -0.3 is 0 Å². The first kappa shape index (κ1) is 17.3. The topological polar surface area (TPSA) is 65.5 Å². The lowest BCUT2D eigenvalue weighted by Crippen LogP contribution is -2.41. The molecule has 4 rings (SSSR count). The molecule has 3 aromatic rings. The summed E-state index contributed by atoms with van der Waals surface area (Å²) in [5.74, 6) is -0.495. The number of fused-ring (bicyclic) bond motifs is 1. The molecule has 2 atom stereocenters. The lowest BCUT2D eigenvalue weighted by Gasteiger charge is -2.09. The molecule has 0 bridgehead atoms. The largest absolute Gasteiger partial charge is 0.271 e. The van der Waals surface area contributed by atoms with Crippen LogP contribution in [-0.2, 0) is 4.79 Å². The highest BCUT2D eigenvalue weighted by Gasteiger charge is 2.29. The van der Waals surface area contributed by atoms with Crippen molar-refractivity contribution < 1.29 is 9.18 Å². The van der Waals surface area contributed by atoms with Crippen molar-refractivity contribution in [3.63, 3.8) is 0 Å². The Morgan fingerprint density at radius 2 is 1.81 bits per heavy atom. The third-order valence-electron chi connectivity index (χ3n) is 4.69. The lowest BCUT2D eigenvalue weighted by atomic mass is 10.0. The van der Waals surface area contributed by atoms with E-state index in [1.54, 1.807) is 18.3 Å². The van der Waals surface area contributed by atoms with Gasteiger partial charge in [-0.2, -0.15) is 5.10 Å². The predicted molar refractivity (Wildman–Crippen MR) is 104 cm³/mol. The Labute approximate surface area is 156 Å². The van der Waals surface area contributed by atoms with Crippen molar-refractivity contribution in [2.24, 2.45) is 5.10 Å². The summed E-state index contributed by atoms with van der Waals surface area (Å²) in [6, 6.07) is 19.8. The molecule has 3 N–H and O–H groups in total. The van der Waals surface area contributed by atoms with Crippen LogP contribution in [-0.4, -0.2) is 18.2 Å². The van der Waals surface area contributed by atoms with Crippen LogP contribution in [0.15, 0.2) is 71.8 Å². The van der Waals surface area contributed by atoms with Gasteiger partial charge >= 0.3 is 0 Å². The highest BCUT2D eigenvalue weighted by molar-refractivity contribution is 6.00. The van der Waals surface area contributed by atoms with E-state index in [-0.39, 0.29) is 17.8 Å². The third kappa shape index (κ3) is 3.86. The minimum atomic E-state index is -0.412. The van der Waals surface area contributed by atoms with E-state index in [1.165, 1.54) is 12.1 Å². The highest BCUT2D eigenvalue weighted by atomic mass is 19.1. The number of nitrogens with zero attached hydrogens (tertiary/aromatic N) is 1. The third-order valence-corrected chi connectivity index (χ3v) is 4.69. The van der Waals surface area contributed by atoms with Crippen LogP contribution in [0, 0.1) is 5.82 Å². The molecule has 0 aromatic heterocycles. The van der Waals surface area contributed by atoms with Gasteiger partial charge in [0.1, 0.15) is 11.9 Å². The van der Waals surface area contributed by atoms with Crippen molar-refractivity contribution in [2.75, 3.05) is 0 Å². The lowest BCUT2D eigenvalue weighted by molar-refractivity contribution is -0.122. The number of nitrogens with one attached hydrogen (secondary N) is 3. The minimum absolute atomic E-state index is 0.0524. The van der Waals surface area contributed by atoms with Gasteiger partial charge in [0.2, 0.25) is 0 Å². The van der Waals surface area contributed by atoms with E-state index < -0.39 is 6.04 Å². The van der Waals surface area contributed by atoms with Crippen LogP contribution >= 0.6 is 0 Å². The van der Waals surface area contributed by atoms with Gasteiger partial charge in [-0.3, -0.25) is 4.79 Å². The summed E-state index contributed by atoms with van der Waals surface area (Å²) < 4.78 is 13.0. The number of carbonyl (C=O) groups is 1. The zero-order valence-electron chi connectivity index (χ0n) is 14.5. The van der Waals surface area contributed by atoms with Gasteiger partial charge in [0.25, 0.3) is 5.91 Å². The van der Waals surface area contributed by atoms with Gasteiger partial charge in [-0.25, -0.2) is 20.7 Å². The fourth-order valence-corrected chi connectivity index (χ4v) is 3.25. The standard InChI is InChI=1S/C21H19FN4O/c22-17-10-8-15(9-11-17)19-12-20(25-24-19)21(27)26-23-13-16-6-3-5-14-4-1-2-7-18(14)16/h1-11,13,19-20,24-25H,12H2,(H,26,27)/b23-13+. The summed E-state index contributed by atoms with van der Waals surface area (Å²) >= 11 is 0. The molecule has 2 unspecified atom stereocenters. The van der Waals surface area contributed by atoms with Gasteiger partial charge in [0.15, 0.2) is 0 Å². The van der Waals surface area contributed by atoms with Crippen molar-refractivity contribution in [1.82, 2.24) is 16.3 Å². The second-order valence-corrected chi connectivity index (χ2v) is 6.48. The van der Waals surface area contributed by atoms with Crippen molar-refractivity contribution in [3.8, 4) is 0 Å². The number of hydrogen-bond donors (Lipinski definition) is 3. The monoisotopic (exact) mass is 362 g/mol. The maximum atomic E-state index is 13.0. The normalized spacial score (nSPS) is 19.6. The van der Waals surface area contributed by atoms with Crippen molar-refractivity contribution in [2.45, 2.75) is 18.5 Å². The van der Waals surface area contributed by atoms with Crippen LogP contribution in [0.25, 0.3) is 10.8 Å². The van der Waals surface area contributed by atoms with E-state index >= 15 is 0 Å². The minimum Gasteiger partial charge on any atom is -0.271 e. The highest BCUT2D eigenvalue weighted by Crippen LogP contribution is 2.22. The SMILES string of the molecule is O=C(N/N=C/c1cccc2ccccc12)C1CC(c2ccc(F)cc2)NN1. The Morgan fingerprint density at radius 3 is 2.67 bits per heavy atom. The zero-order chi connectivity index (χ0) is 18.6. The number of rotatable bonds is 4. The molecule has 5 nitrogen and oxygen atoms in total. The second kappa shape index (κ2) is 7.65. The van der Waals surface area contributed by atoms with E-state index in [0.717, 1.165) is 21.9 Å². The Hall–Kier alpha value is -3.09. The predicted octanol–water partition coefficient (Wildman–Crippen LogP) is 3.04. The number of hydrogen-bond acceptors (Lipinski definition) is 4. The Balaban J connectivity index is 1.38. The molecule has 1 aliphatic heterocycles. The first-order valence-electron chi connectivity index (χ1n) is 8.78. The van der Waals surface area contributed by atoms with Gasteiger partial charge in [-0.15, -0.1) is 0 Å². The first-order chi connectivity index (χ1) is 13.2. The zero-order valence-corrected chi connectivity index (χ0v) is 14.5. The molecular weight excluding hydrogens is 343 g/mol. The molecule has 1 fully saturated rings. The van der Waals surface area contributed by atoms with Crippen molar-refractivity contribution in [3.05, 3.63) is 83.7 Å². The summed E-state index contributed by atoms with van der Waals surface area (Å²) in [5, 5.41) is 6.30. The van der Waals surface area contributed by atoms with Crippen LogP contribution in [0.4, 0.5) is 4.39 Å². The number of hydrazone groups is 1. The molecular formula is C21H19FN4O. The number of carbonyl (C=O) groups excluding carboxylic acids is 1. The summed E-state index contributed by atoms with van der Waals surface area (Å²) in [4.78, 5) is 12.3. The second-order valence-electron chi connectivity index (χ2n) is 6.48. The van der Waals surface area contributed by atoms with Gasteiger partial charge in [0, 0.05) is 11.6 Å². The Kier molecular flexibility index (Phi) is 4.91. The molecule has 0 saturated carbocycles. The van der Waals surface area contributed by atoms with Gasteiger partial charge in [-0.1, -0.05) is 54.6 Å². The fourth-order valence-electron chi connectivity index (χ4n) is 3.25. The maximum absolute atomic E-state index is 13.0. The van der Waals surface area contributed by atoms with Crippen LogP contribution in [0.5, 0.6) is 0 Å². The Bertz CT molecular complexity index is 982. The summed E-state index contributed by atoms with van der Waals surface area (Å²) in [6.07, 6.45) is 2.21. The van der Waals surface area contributed by atoms with Crippen LogP contribution in [0.1, 0.15) is 23.6 Å². The maximum Gasteiger partial charge on any atom is 0.258 e. The molecule has 27 heavy (non-hydrogen) atoms.